The predicted octanol–water partition coefficient (Wildman–Crippen LogP) is 4.76. The lowest BCUT2D eigenvalue weighted by atomic mass is 10.2. The summed E-state index contributed by atoms with van der Waals surface area (Å²) in [6.45, 7) is 0.870. The third-order valence-corrected chi connectivity index (χ3v) is 10.1. The number of likely N-dealkylation sites (N-methyl/N-ethyl adjacent to an activating group) is 1. The Morgan fingerprint density at radius 1 is 1.22 bits per heavy atom. The van der Waals surface area contributed by atoms with Crippen molar-refractivity contribution in [2.45, 2.75) is 23.8 Å². The Kier molecular flexibility index (Phi) is 8.42. The molecule has 0 aliphatic carbocycles. The van der Waals surface area contributed by atoms with E-state index in [2.05, 4.69) is 10.1 Å². The molecule has 1 amide bonds. The van der Waals surface area contributed by atoms with Crippen molar-refractivity contribution < 1.29 is 27.6 Å². The molecular formula is C26H25N5O7S3. The molecule has 1 fully saturated rings. The lowest BCUT2D eigenvalue weighted by molar-refractivity contribution is -0.380. The van der Waals surface area contributed by atoms with E-state index in [9.17, 15) is 23.3 Å². The third kappa shape index (κ3) is 6.28. The van der Waals surface area contributed by atoms with Gasteiger partial charge in [0.1, 0.15) is 5.75 Å². The summed E-state index contributed by atoms with van der Waals surface area (Å²) >= 11 is 2.12. The standard InChI is InChI=1S/C26H25N5O7S3/c1-29(16-19-4-3-13-38-19)41(35,36)21-9-5-17(6-10-21)25(32)30(27-15-20-8-12-24(39-20)31(33)34)26-28-22-11-7-18(37-2)14-23(22)40-26/h5-12,14-15,19H,3-4,13,16H2,1-2H3/b27-15+. The van der Waals surface area contributed by atoms with Gasteiger partial charge in [0.25, 0.3) is 5.91 Å². The van der Waals surface area contributed by atoms with E-state index in [0.29, 0.717) is 22.8 Å². The Bertz CT molecular complexity index is 1710. The number of hydrogen-bond acceptors (Lipinski definition) is 11. The average Bonchev–Trinajstić information content (AvgIpc) is 3.74. The SMILES string of the molecule is COc1ccc2nc(N(/N=C/c3ccc([N+](=O)[O-])s3)C(=O)c3ccc(S(=O)(=O)N(C)CC4CCCO4)cc3)sc2c1. The lowest BCUT2D eigenvalue weighted by Gasteiger charge is -2.20. The molecule has 0 bridgehead atoms. The number of rotatable bonds is 10. The van der Waals surface area contributed by atoms with Crippen molar-refractivity contribution in [2.75, 3.05) is 32.3 Å². The first-order valence-corrected chi connectivity index (χ1v) is 15.5. The maximum Gasteiger partial charge on any atom is 0.324 e. The van der Waals surface area contributed by atoms with Crippen LogP contribution in [-0.2, 0) is 14.8 Å². The largest absolute Gasteiger partial charge is 0.497 e. The van der Waals surface area contributed by atoms with E-state index in [1.54, 1.807) is 25.3 Å². The van der Waals surface area contributed by atoms with Crippen molar-refractivity contribution in [2.24, 2.45) is 5.10 Å². The molecule has 0 saturated carbocycles. The van der Waals surface area contributed by atoms with E-state index in [0.717, 1.165) is 33.9 Å². The Labute approximate surface area is 243 Å². The van der Waals surface area contributed by atoms with E-state index in [1.807, 2.05) is 0 Å². The molecule has 1 unspecified atom stereocenters. The second-order valence-corrected chi connectivity index (χ2v) is 13.2. The number of thiophene rings is 1. The van der Waals surface area contributed by atoms with Gasteiger partial charge in [-0.3, -0.25) is 14.9 Å². The number of ether oxygens (including phenoxy) is 2. The molecule has 1 aliphatic rings. The van der Waals surface area contributed by atoms with Gasteiger partial charge < -0.3 is 9.47 Å². The van der Waals surface area contributed by atoms with E-state index < -0.39 is 20.9 Å². The zero-order valence-corrected chi connectivity index (χ0v) is 24.4. The summed E-state index contributed by atoms with van der Waals surface area (Å²) in [5.41, 5.74) is 0.804. The van der Waals surface area contributed by atoms with Crippen LogP contribution in [0.1, 0.15) is 28.1 Å². The third-order valence-electron chi connectivity index (χ3n) is 6.35. The number of aromatic nitrogens is 1. The minimum absolute atomic E-state index is 0.0441. The molecule has 1 atom stereocenters. The highest BCUT2D eigenvalue weighted by Gasteiger charge is 2.27. The summed E-state index contributed by atoms with van der Waals surface area (Å²) in [5, 5.41) is 16.7. The van der Waals surface area contributed by atoms with E-state index in [4.69, 9.17) is 9.47 Å². The summed E-state index contributed by atoms with van der Waals surface area (Å²) in [5.74, 6) is 0.0659. The minimum atomic E-state index is -3.79. The summed E-state index contributed by atoms with van der Waals surface area (Å²) in [6, 6.07) is 13.8. The second kappa shape index (κ2) is 12.0. The van der Waals surface area contributed by atoms with Gasteiger partial charge in [-0.1, -0.05) is 22.7 Å². The molecule has 0 N–H and O–H groups in total. The normalized spacial score (nSPS) is 15.6. The van der Waals surface area contributed by atoms with Crippen molar-refractivity contribution in [1.82, 2.24) is 9.29 Å². The molecule has 3 heterocycles. The van der Waals surface area contributed by atoms with Crippen LogP contribution in [0, 0.1) is 10.1 Å². The van der Waals surface area contributed by atoms with Gasteiger partial charge in [0, 0.05) is 31.8 Å². The van der Waals surface area contributed by atoms with Gasteiger partial charge >= 0.3 is 5.00 Å². The lowest BCUT2D eigenvalue weighted by Crippen LogP contribution is -2.34. The molecule has 1 saturated heterocycles. The smallest absolute Gasteiger partial charge is 0.324 e. The summed E-state index contributed by atoms with van der Waals surface area (Å²) in [6.07, 6.45) is 2.92. The number of sulfonamides is 1. The van der Waals surface area contributed by atoms with Crippen LogP contribution in [0.5, 0.6) is 5.75 Å². The molecular weight excluding hydrogens is 591 g/mol. The number of hydrogen-bond donors (Lipinski definition) is 0. The number of methoxy groups -OCH3 is 1. The van der Waals surface area contributed by atoms with E-state index in [-0.39, 0.29) is 33.2 Å². The fourth-order valence-electron chi connectivity index (χ4n) is 4.17. The molecule has 1 aliphatic heterocycles. The van der Waals surface area contributed by atoms with Gasteiger partial charge in [0.2, 0.25) is 15.2 Å². The van der Waals surface area contributed by atoms with Crippen molar-refractivity contribution in [3.8, 4) is 5.75 Å². The molecule has 0 radical (unpaired) electrons. The number of amides is 1. The fraction of sp³-hybridized carbons (Fsp3) is 0.269. The van der Waals surface area contributed by atoms with Gasteiger partial charge in [0.15, 0.2) is 0 Å². The zero-order valence-electron chi connectivity index (χ0n) is 22.0. The van der Waals surface area contributed by atoms with Crippen molar-refractivity contribution in [1.29, 1.82) is 0 Å². The number of thiazole rings is 1. The molecule has 12 nitrogen and oxygen atoms in total. The number of hydrazone groups is 1. The quantitative estimate of drug-likeness (QED) is 0.141. The molecule has 2 aromatic heterocycles. The molecule has 0 spiro atoms. The summed E-state index contributed by atoms with van der Waals surface area (Å²) in [4.78, 5) is 29.3. The van der Waals surface area contributed by atoms with Crippen LogP contribution in [0.3, 0.4) is 0 Å². The van der Waals surface area contributed by atoms with Gasteiger partial charge in [-0.2, -0.15) is 14.4 Å². The first kappa shape index (κ1) is 28.8. The maximum absolute atomic E-state index is 13.7. The highest BCUT2D eigenvalue weighted by Crippen LogP contribution is 2.33. The Hall–Kier alpha value is -3.76. The van der Waals surface area contributed by atoms with E-state index in [1.165, 1.54) is 65.3 Å². The van der Waals surface area contributed by atoms with Crippen LogP contribution < -0.4 is 9.75 Å². The van der Waals surface area contributed by atoms with Crippen LogP contribution in [0.2, 0.25) is 0 Å². The number of nitrogens with zero attached hydrogens (tertiary/aromatic N) is 5. The number of carbonyl (C=O) groups excluding carboxylic acids is 1. The van der Waals surface area contributed by atoms with Crippen molar-refractivity contribution in [3.63, 3.8) is 0 Å². The number of carbonyl (C=O) groups is 1. The van der Waals surface area contributed by atoms with Gasteiger partial charge in [-0.15, -0.1) is 0 Å². The molecule has 5 rings (SSSR count). The molecule has 15 heteroatoms. The fourth-order valence-corrected chi connectivity index (χ4v) is 7.01. The van der Waals surface area contributed by atoms with Gasteiger partial charge in [0.05, 0.1) is 44.3 Å². The minimum Gasteiger partial charge on any atom is -0.497 e. The van der Waals surface area contributed by atoms with Crippen molar-refractivity contribution >= 4 is 65.2 Å². The topological polar surface area (TPSA) is 145 Å². The molecule has 4 aromatic rings. The molecule has 2 aromatic carbocycles. The predicted molar refractivity (Wildman–Crippen MR) is 157 cm³/mol. The van der Waals surface area contributed by atoms with Crippen LogP contribution in [0.15, 0.2) is 64.6 Å². The van der Waals surface area contributed by atoms with E-state index >= 15 is 0 Å². The Balaban J connectivity index is 1.44. The number of anilines is 1. The summed E-state index contributed by atoms with van der Waals surface area (Å²) in [7, 11) is -0.741. The number of nitro groups is 1. The van der Waals surface area contributed by atoms with Gasteiger partial charge in [-0.05, 0) is 61.4 Å². The average molecular weight is 616 g/mol. The number of fused-ring (bicyclic) bond motifs is 1. The number of benzene rings is 2. The second-order valence-electron chi connectivity index (χ2n) is 9.07. The zero-order chi connectivity index (χ0) is 29.1. The van der Waals surface area contributed by atoms with Crippen LogP contribution in [0.4, 0.5) is 10.1 Å². The molecule has 41 heavy (non-hydrogen) atoms. The Morgan fingerprint density at radius 3 is 2.66 bits per heavy atom. The van der Waals surface area contributed by atoms with Crippen molar-refractivity contribution in [3.05, 3.63) is 75.2 Å². The first-order valence-electron chi connectivity index (χ1n) is 12.4. The molecule has 214 valence electrons. The summed E-state index contributed by atoms with van der Waals surface area (Å²) < 4.78 is 39.1. The highest BCUT2D eigenvalue weighted by molar-refractivity contribution is 7.89. The monoisotopic (exact) mass is 615 g/mol. The first-order chi connectivity index (χ1) is 19.7. The van der Waals surface area contributed by atoms with Crippen LogP contribution >= 0.6 is 22.7 Å². The van der Waals surface area contributed by atoms with Gasteiger partial charge in [-0.25, -0.2) is 13.4 Å². The van der Waals surface area contributed by atoms with Crippen LogP contribution in [-0.4, -0.2) is 68.2 Å². The maximum atomic E-state index is 13.7. The highest BCUT2D eigenvalue weighted by atomic mass is 32.2. The Morgan fingerprint density at radius 2 is 2.00 bits per heavy atom. The van der Waals surface area contributed by atoms with Crippen LogP contribution in [0.25, 0.3) is 10.2 Å².